The van der Waals surface area contributed by atoms with Gasteiger partial charge in [0.2, 0.25) is 5.91 Å². The second-order valence-electron chi connectivity index (χ2n) is 13.7. The minimum Gasteiger partial charge on any atom is -0.394 e. The number of unbranched alkanes of at least 4 members (excludes halogenated alkanes) is 21. The number of hydrogen-bond acceptors (Lipinski definition) is 8. The summed E-state index contributed by atoms with van der Waals surface area (Å²) in [4.78, 5) is 12.8. The standard InChI is InChI=1S/C37H73NO8/c1-3-5-7-9-11-13-14-15-16-17-18-19-20-22-24-26-31(40)30(38-33(41)27-25-23-21-12-10-8-6-4-2)29-45-37-36(44)35(43)34(42)32(28-39)46-37/h30-32,34-37,39-40,42-44H,3-29H2,1-2H3,(H,38,41). The molecule has 7 atom stereocenters. The first-order chi connectivity index (χ1) is 22.3. The van der Waals surface area contributed by atoms with E-state index in [1.54, 1.807) is 0 Å². The van der Waals surface area contributed by atoms with Gasteiger partial charge in [-0.1, -0.05) is 155 Å². The highest BCUT2D eigenvalue weighted by Gasteiger charge is 2.44. The average molecular weight is 660 g/mol. The van der Waals surface area contributed by atoms with E-state index in [2.05, 4.69) is 19.2 Å². The van der Waals surface area contributed by atoms with Crippen LogP contribution < -0.4 is 5.32 Å². The summed E-state index contributed by atoms with van der Waals surface area (Å²) in [5.41, 5.74) is 0. The normalized spacial score (nSPS) is 23.0. The number of amides is 1. The molecule has 0 radical (unpaired) electrons. The lowest BCUT2D eigenvalue weighted by molar-refractivity contribution is -0.302. The number of ether oxygens (including phenoxy) is 2. The number of carbonyl (C=O) groups is 1. The molecule has 1 saturated heterocycles. The van der Waals surface area contributed by atoms with E-state index >= 15 is 0 Å². The highest BCUT2D eigenvalue weighted by molar-refractivity contribution is 5.76. The van der Waals surface area contributed by atoms with Crippen LogP contribution in [0.2, 0.25) is 0 Å². The number of nitrogens with one attached hydrogen (secondary N) is 1. The Morgan fingerprint density at radius 2 is 1.09 bits per heavy atom. The van der Waals surface area contributed by atoms with Gasteiger partial charge in [-0.25, -0.2) is 0 Å². The summed E-state index contributed by atoms with van der Waals surface area (Å²) < 4.78 is 11.2. The van der Waals surface area contributed by atoms with Gasteiger partial charge in [0.1, 0.15) is 24.4 Å². The number of rotatable bonds is 31. The minimum atomic E-state index is -1.55. The molecule has 0 aromatic heterocycles. The van der Waals surface area contributed by atoms with Crippen molar-refractivity contribution in [3.05, 3.63) is 0 Å². The van der Waals surface area contributed by atoms with E-state index in [-0.39, 0.29) is 12.5 Å². The molecule has 0 aromatic rings. The minimum absolute atomic E-state index is 0.133. The molecule has 1 rings (SSSR count). The van der Waals surface area contributed by atoms with E-state index in [4.69, 9.17) is 9.47 Å². The smallest absolute Gasteiger partial charge is 0.220 e. The van der Waals surface area contributed by atoms with Crippen molar-refractivity contribution >= 4 is 5.91 Å². The molecular formula is C37H73NO8. The molecule has 0 spiro atoms. The largest absolute Gasteiger partial charge is 0.394 e. The molecule has 1 amide bonds. The van der Waals surface area contributed by atoms with Gasteiger partial charge in [-0.05, 0) is 12.8 Å². The van der Waals surface area contributed by atoms with Gasteiger partial charge in [0.25, 0.3) is 0 Å². The topological polar surface area (TPSA) is 149 Å². The monoisotopic (exact) mass is 660 g/mol. The number of aliphatic hydroxyl groups is 5. The molecule has 1 aliphatic rings. The number of hydrogen-bond donors (Lipinski definition) is 6. The maximum absolute atomic E-state index is 12.8. The summed E-state index contributed by atoms with van der Waals surface area (Å²) in [7, 11) is 0. The van der Waals surface area contributed by atoms with Crippen molar-refractivity contribution in [2.45, 2.75) is 217 Å². The van der Waals surface area contributed by atoms with Crippen molar-refractivity contribution in [3.63, 3.8) is 0 Å². The maximum Gasteiger partial charge on any atom is 0.220 e. The highest BCUT2D eigenvalue weighted by Crippen LogP contribution is 2.23. The van der Waals surface area contributed by atoms with Crippen LogP contribution in [0.5, 0.6) is 0 Å². The maximum atomic E-state index is 12.8. The van der Waals surface area contributed by atoms with Gasteiger partial charge < -0.3 is 40.3 Å². The van der Waals surface area contributed by atoms with Gasteiger partial charge in [0, 0.05) is 6.42 Å². The Kier molecular flexibility index (Phi) is 27.4. The Morgan fingerprint density at radius 3 is 1.54 bits per heavy atom. The van der Waals surface area contributed by atoms with Crippen molar-refractivity contribution in [3.8, 4) is 0 Å². The van der Waals surface area contributed by atoms with Gasteiger partial charge in [-0.3, -0.25) is 4.79 Å². The second-order valence-corrected chi connectivity index (χ2v) is 13.7. The zero-order chi connectivity index (χ0) is 33.8. The van der Waals surface area contributed by atoms with Crippen molar-refractivity contribution in [2.75, 3.05) is 13.2 Å². The summed E-state index contributed by atoms with van der Waals surface area (Å²) in [5.74, 6) is -0.149. The van der Waals surface area contributed by atoms with Crippen molar-refractivity contribution in [1.82, 2.24) is 5.32 Å². The zero-order valence-electron chi connectivity index (χ0n) is 29.6. The van der Waals surface area contributed by atoms with E-state index in [1.165, 1.54) is 109 Å². The van der Waals surface area contributed by atoms with Gasteiger partial charge >= 0.3 is 0 Å². The first kappa shape index (κ1) is 43.2. The Morgan fingerprint density at radius 1 is 0.652 bits per heavy atom. The first-order valence-electron chi connectivity index (χ1n) is 19.2. The molecule has 0 saturated carbocycles. The lowest BCUT2D eigenvalue weighted by Crippen LogP contribution is -2.60. The van der Waals surface area contributed by atoms with Gasteiger partial charge in [-0.15, -0.1) is 0 Å². The fourth-order valence-corrected chi connectivity index (χ4v) is 6.28. The van der Waals surface area contributed by atoms with Crippen LogP contribution in [-0.2, 0) is 14.3 Å². The van der Waals surface area contributed by atoms with E-state index in [0.717, 1.165) is 38.5 Å². The van der Waals surface area contributed by atoms with Crippen molar-refractivity contribution < 1.29 is 39.8 Å². The SMILES string of the molecule is CCCCCCCCCCCCCCCCCC(O)C(COC1OC(CO)C(O)C(O)C1O)NC(=O)CCCCCCCCCC. The summed E-state index contributed by atoms with van der Waals surface area (Å²) in [5, 5.41) is 53.9. The van der Waals surface area contributed by atoms with E-state index in [1.807, 2.05) is 0 Å². The third-order valence-electron chi connectivity index (χ3n) is 9.46. The lowest BCUT2D eigenvalue weighted by atomic mass is 9.99. The van der Waals surface area contributed by atoms with E-state index in [0.29, 0.717) is 12.8 Å². The molecule has 0 bridgehead atoms. The quantitative estimate of drug-likeness (QED) is 0.0466. The van der Waals surface area contributed by atoms with Gasteiger partial charge in [0.15, 0.2) is 6.29 Å². The van der Waals surface area contributed by atoms with Crippen LogP contribution in [0.4, 0.5) is 0 Å². The molecule has 9 nitrogen and oxygen atoms in total. The van der Waals surface area contributed by atoms with Crippen LogP contribution in [0.1, 0.15) is 174 Å². The Labute approximate surface area is 281 Å². The van der Waals surface area contributed by atoms with E-state index in [9.17, 15) is 30.3 Å². The molecule has 9 heteroatoms. The Bertz CT molecular complexity index is 696. The van der Waals surface area contributed by atoms with Crippen LogP contribution in [0, 0.1) is 0 Å². The van der Waals surface area contributed by atoms with E-state index < -0.39 is 49.5 Å². The van der Waals surface area contributed by atoms with Gasteiger partial charge in [0.05, 0.1) is 25.4 Å². The predicted octanol–water partition coefficient (Wildman–Crippen LogP) is 6.44. The zero-order valence-corrected chi connectivity index (χ0v) is 29.6. The Hall–Kier alpha value is -0.810. The third-order valence-corrected chi connectivity index (χ3v) is 9.46. The third kappa shape index (κ3) is 20.5. The van der Waals surface area contributed by atoms with Crippen molar-refractivity contribution in [1.29, 1.82) is 0 Å². The molecule has 1 aliphatic heterocycles. The number of aliphatic hydroxyl groups excluding tert-OH is 5. The molecular weight excluding hydrogens is 586 g/mol. The van der Waals surface area contributed by atoms with Crippen LogP contribution >= 0.6 is 0 Å². The second kappa shape index (κ2) is 29.1. The first-order valence-corrected chi connectivity index (χ1v) is 19.2. The molecule has 46 heavy (non-hydrogen) atoms. The van der Waals surface area contributed by atoms with Crippen LogP contribution in [0.15, 0.2) is 0 Å². The molecule has 1 heterocycles. The van der Waals surface area contributed by atoms with Crippen LogP contribution in [-0.4, -0.2) is 87.5 Å². The molecule has 1 fully saturated rings. The van der Waals surface area contributed by atoms with Crippen LogP contribution in [0.25, 0.3) is 0 Å². The van der Waals surface area contributed by atoms with Crippen LogP contribution in [0.3, 0.4) is 0 Å². The average Bonchev–Trinajstić information content (AvgIpc) is 3.05. The fourth-order valence-electron chi connectivity index (χ4n) is 6.28. The Balaban J connectivity index is 2.39. The van der Waals surface area contributed by atoms with Crippen molar-refractivity contribution in [2.24, 2.45) is 0 Å². The van der Waals surface area contributed by atoms with Gasteiger partial charge in [-0.2, -0.15) is 0 Å². The summed E-state index contributed by atoms with van der Waals surface area (Å²) in [6.07, 6.45) is 21.2. The molecule has 7 unspecified atom stereocenters. The molecule has 0 aromatic carbocycles. The molecule has 6 N–H and O–H groups in total. The fraction of sp³-hybridized carbons (Fsp3) is 0.973. The molecule has 0 aliphatic carbocycles. The number of carbonyl (C=O) groups excluding carboxylic acids is 1. The highest BCUT2D eigenvalue weighted by atomic mass is 16.7. The summed E-state index contributed by atoms with van der Waals surface area (Å²) in [6, 6.07) is -0.708. The summed E-state index contributed by atoms with van der Waals surface area (Å²) in [6.45, 7) is 3.78. The molecule has 274 valence electrons. The summed E-state index contributed by atoms with van der Waals surface area (Å²) >= 11 is 0. The lowest BCUT2D eigenvalue weighted by Gasteiger charge is -2.40. The predicted molar refractivity (Wildman–Crippen MR) is 184 cm³/mol.